The second kappa shape index (κ2) is 22.4. The highest BCUT2D eigenvalue weighted by Crippen LogP contribution is 2.76. The zero-order chi connectivity index (χ0) is 58.0. The second-order valence-electron chi connectivity index (χ2n) is 26.6. The summed E-state index contributed by atoms with van der Waals surface area (Å²) in [6.07, 6.45) is -28.3. The predicted molar refractivity (Wildman–Crippen MR) is 270 cm³/mol. The van der Waals surface area contributed by atoms with Crippen LogP contribution in [0.1, 0.15) is 93.4 Å². The van der Waals surface area contributed by atoms with Crippen molar-refractivity contribution in [3.05, 3.63) is 23.8 Å². The Balaban J connectivity index is 0.921. The van der Waals surface area contributed by atoms with Gasteiger partial charge in [-0.1, -0.05) is 72.3 Å². The number of aliphatic hydroxyl groups is 16. The third-order valence-corrected chi connectivity index (χ3v) is 21.7. The molecule has 454 valence electrons. The summed E-state index contributed by atoms with van der Waals surface area (Å²) in [4.78, 5) is 0. The number of rotatable bonds is 13. The number of fused-ring (bicyclic) bond motifs is 7. The molecule has 4 saturated heterocycles. The molecule has 3 unspecified atom stereocenters. The molecule has 0 amide bonds. The molecule has 4 heterocycles. The molecule has 9 rings (SSSR count). The number of aliphatic hydroxyl groups excluding tert-OH is 16. The fourth-order valence-electron chi connectivity index (χ4n) is 16.6. The van der Waals surface area contributed by atoms with Crippen molar-refractivity contribution in [2.45, 2.75) is 235 Å². The SMILES string of the molecule is C=C1C[C@]2(C)C(=CCC3[C@@]4(C)CC[C@H](O[C@@H]5O[C@H](CO[C@H]6O[C@H](CO)[C@@H](O)[C@@H](O)[C@@H]6O)[C@@H](O)[C@@H](O)[C@H]5O)C(C)(C)C4CC[C@]32C)C2CC(C)(C)[C@@H](O)[C@H](O)[C@]12CO[C@@H]1O[C@H](CO[C@H]2O[C@H](CO)[C@@H](O)[C@@H](O)[C@@H]2O)[C@@H](O)[C@@H](O)[C@H]1O. The Morgan fingerprint density at radius 1 is 0.532 bits per heavy atom. The minimum absolute atomic E-state index is 0.0871. The van der Waals surface area contributed by atoms with Gasteiger partial charge in [0.05, 0.1) is 51.3 Å². The van der Waals surface area contributed by atoms with E-state index in [1.807, 2.05) is 13.8 Å². The molecule has 24 nitrogen and oxygen atoms in total. The van der Waals surface area contributed by atoms with Gasteiger partial charge in [0.1, 0.15) is 97.7 Å². The first-order valence-electron chi connectivity index (χ1n) is 28.1. The van der Waals surface area contributed by atoms with Crippen LogP contribution < -0.4 is 0 Å². The molecule has 5 aliphatic carbocycles. The molecule has 79 heavy (non-hydrogen) atoms. The summed E-state index contributed by atoms with van der Waals surface area (Å²) in [5, 5.41) is 173. The molecule has 24 heteroatoms. The fraction of sp³-hybridized carbons (Fsp3) is 0.927. The van der Waals surface area contributed by atoms with Gasteiger partial charge in [0.15, 0.2) is 25.2 Å². The first-order chi connectivity index (χ1) is 36.9. The van der Waals surface area contributed by atoms with E-state index in [1.165, 1.54) is 0 Å². The van der Waals surface area contributed by atoms with Gasteiger partial charge in [-0.3, -0.25) is 0 Å². The minimum atomic E-state index is -1.82. The topological polar surface area (TPSA) is 398 Å². The maximum absolute atomic E-state index is 12.5. The number of allylic oxidation sites excluding steroid dienone is 2. The van der Waals surface area contributed by atoms with E-state index in [9.17, 15) is 81.7 Å². The molecule has 8 fully saturated rings. The van der Waals surface area contributed by atoms with Crippen molar-refractivity contribution in [3.63, 3.8) is 0 Å². The van der Waals surface area contributed by atoms with Crippen molar-refractivity contribution in [1.29, 1.82) is 0 Å². The van der Waals surface area contributed by atoms with Crippen LogP contribution in [0.5, 0.6) is 0 Å². The summed E-state index contributed by atoms with van der Waals surface area (Å²) >= 11 is 0. The Morgan fingerprint density at radius 2 is 0.987 bits per heavy atom. The first kappa shape index (κ1) is 62.1. The minimum Gasteiger partial charge on any atom is -0.394 e. The van der Waals surface area contributed by atoms with E-state index in [2.05, 4.69) is 47.3 Å². The molecule has 0 spiro atoms. The molecular weight excluding hydrogens is 1040 g/mol. The Kier molecular flexibility index (Phi) is 17.6. The van der Waals surface area contributed by atoms with Crippen LogP contribution in [-0.2, 0) is 37.9 Å². The van der Waals surface area contributed by atoms with Crippen molar-refractivity contribution in [2.75, 3.05) is 33.0 Å². The summed E-state index contributed by atoms with van der Waals surface area (Å²) < 4.78 is 47.4. The zero-order valence-corrected chi connectivity index (χ0v) is 46.2. The van der Waals surface area contributed by atoms with Crippen LogP contribution in [-0.4, -0.2) is 256 Å². The van der Waals surface area contributed by atoms with Crippen LogP contribution in [0, 0.1) is 50.2 Å². The summed E-state index contributed by atoms with van der Waals surface area (Å²) in [5.41, 5.74) is -1.99. The van der Waals surface area contributed by atoms with Crippen LogP contribution in [0.3, 0.4) is 0 Å². The quantitative estimate of drug-likeness (QED) is 0.0630. The Hall–Kier alpha value is -1.48. The van der Waals surface area contributed by atoms with Gasteiger partial charge in [0.25, 0.3) is 0 Å². The molecule has 4 saturated carbocycles. The maximum Gasteiger partial charge on any atom is 0.186 e. The lowest BCUT2D eigenvalue weighted by Gasteiger charge is -2.72. The Bertz CT molecular complexity index is 2180. The van der Waals surface area contributed by atoms with E-state index >= 15 is 0 Å². The first-order valence-corrected chi connectivity index (χ1v) is 28.1. The molecule has 9 aliphatic rings. The lowest BCUT2D eigenvalue weighted by Crippen LogP contribution is -2.69. The summed E-state index contributed by atoms with van der Waals surface area (Å²) in [5.74, 6) is -0.210. The van der Waals surface area contributed by atoms with Gasteiger partial charge in [-0.2, -0.15) is 0 Å². The van der Waals surface area contributed by atoms with Crippen LogP contribution in [0.4, 0.5) is 0 Å². The summed E-state index contributed by atoms with van der Waals surface area (Å²) in [6, 6.07) is 0. The molecule has 0 bridgehead atoms. The predicted octanol–water partition coefficient (Wildman–Crippen LogP) is -3.45. The second-order valence-corrected chi connectivity index (χ2v) is 26.6. The smallest absolute Gasteiger partial charge is 0.186 e. The van der Waals surface area contributed by atoms with Gasteiger partial charge in [-0.15, -0.1) is 0 Å². The van der Waals surface area contributed by atoms with Crippen molar-refractivity contribution in [1.82, 2.24) is 0 Å². The standard InChI is InChI=1S/C55H90O24/c1-22-15-54(8)23(24-16-50(2,3)44(70)45(71)55(22,24)21-74-48-42(68)38(64)34(60)27(77-48)19-72-46-40(66)36(62)32(58)25(17-56)75-46)9-10-30-52(6)13-12-31(51(4,5)29(52)11-14-53(30,54)7)79-49-43(69)39(65)35(61)28(78-49)20-73-47-41(67)37(63)33(59)26(18-57)76-47/h9,24-49,56-71H,1,10-21H2,2-8H3/t24?,25-,26-,27-,28-,29?,30?,31+,32-,33-,34-,35-,36-,37-,38-,39-,40+,41+,42-,43-,44+,45+,46+,47+,48-,49+,52+,53-,54-,55-/m1/s1. The summed E-state index contributed by atoms with van der Waals surface area (Å²) in [6.45, 7) is 17.0. The molecule has 16 N–H and O–H groups in total. The van der Waals surface area contributed by atoms with Crippen LogP contribution in [0.25, 0.3) is 0 Å². The number of ether oxygens (including phenoxy) is 8. The van der Waals surface area contributed by atoms with E-state index in [-0.39, 0.29) is 29.3 Å². The third kappa shape index (κ3) is 9.96. The van der Waals surface area contributed by atoms with Crippen LogP contribution in [0.2, 0.25) is 0 Å². The summed E-state index contributed by atoms with van der Waals surface area (Å²) in [7, 11) is 0. The highest BCUT2D eigenvalue weighted by molar-refractivity contribution is 5.42. The van der Waals surface area contributed by atoms with Gasteiger partial charge in [-0.05, 0) is 89.8 Å². The lowest BCUT2D eigenvalue weighted by atomic mass is 9.33. The van der Waals surface area contributed by atoms with Crippen LogP contribution in [0.15, 0.2) is 23.8 Å². The van der Waals surface area contributed by atoms with E-state index in [1.54, 1.807) is 0 Å². The fourth-order valence-corrected chi connectivity index (χ4v) is 16.6. The average Bonchev–Trinajstić information content (AvgIpc) is 3.41. The van der Waals surface area contributed by atoms with Gasteiger partial charge in [0.2, 0.25) is 0 Å². The molecule has 4 aliphatic heterocycles. The molecule has 0 aromatic rings. The van der Waals surface area contributed by atoms with Crippen molar-refractivity contribution in [3.8, 4) is 0 Å². The lowest BCUT2D eigenvalue weighted by molar-refractivity contribution is -0.345. The van der Waals surface area contributed by atoms with E-state index in [0.717, 1.165) is 24.8 Å². The van der Waals surface area contributed by atoms with E-state index < -0.39 is 195 Å². The molecule has 0 aromatic heterocycles. The van der Waals surface area contributed by atoms with Crippen molar-refractivity contribution in [2.24, 2.45) is 50.2 Å². The van der Waals surface area contributed by atoms with Gasteiger partial charge < -0.3 is 120 Å². The maximum atomic E-state index is 12.5. The molecule has 0 radical (unpaired) electrons. The highest BCUT2D eigenvalue weighted by Gasteiger charge is 2.72. The van der Waals surface area contributed by atoms with Gasteiger partial charge >= 0.3 is 0 Å². The van der Waals surface area contributed by atoms with Gasteiger partial charge in [0, 0.05) is 5.41 Å². The normalized spacial score (nSPS) is 54.4. The Labute approximate surface area is 460 Å². The van der Waals surface area contributed by atoms with Crippen molar-refractivity contribution < 1.29 is 120 Å². The number of hydrogen-bond acceptors (Lipinski definition) is 24. The monoisotopic (exact) mass is 1130 g/mol. The largest absolute Gasteiger partial charge is 0.394 e. The van der Waals surface area contributed by atoms with E-state index in [0.29, 0.717) is 31.3 Å². The number of hydrogen-bond donors (Lipinski definition) is 16. The molecular formula is C55H90O24. The Morgan fingerprint density at radius 3 is 1.49 bits per heavy atom. The molecule has 30 atom stereocenters. The van der Waals surface area contributed by atoms with Crippen LogP contribution >= 0.6 is 0 Å². The van der Waals surface area contributed by atoms with Gasteiger partial charge in [-0.25, -0.2) is 0 Å². The average molecular weight is 1140 g/mol. The van der Waals surface area contributed by atoms with Crippen molar-refractivity contribution >= 4 is 0 Å². The van der Waals surface area contributed by atoms with E-state index in [4.69, 9.17) is 37.9 Å². The zero-order valence-electron chi connectivity index (χ0n) is 46.2. The molecule has 0 aromatic carbocycles. The highest BCUT2D eigenvalue weighted by atomic mass is 16.7. The third-order valence-electron chi connectivity index (χ3n) is 21.7.